The molecule has 0 radical (unpaired) electrons. The van der Waals surface area contributed by atoms with Crippen molar-refractivity contribution in [2.24, 2.45) is 0 Å². The molecule has 2 nitrogen and oxygen atoms in total. The van der Waals surface area contributed by atoms with Crippen molar-refractivity contribution >= 4 is 29.0 Å². The predicted octanol–water partition coefficient (Wildman–Crippen LogP) is 5.12. The van der Waals surface area contributed by atoms with Gasteiger partial charge in [0.25, 0.3) is 0 Å². The van der Waals surface area contributed by atoms with Gasteiger partial charge >= 0.3 is 6.18 Å². The van der Waals surface area contributed by atoms with Crippen molar-refractivity contribution in [3.63, 3.8) is 0 Å². The highest BCUT2D eigenvalue weighted by Crippen LogP contribution is 2.34. The second-order valence-corrected chi connectivity index (χ2v) is 4.79. The molecule has 0 fully saturated rings. The van der Waals surface area contributed by atoms with Crippen LogP contribution in [0.3, 0.4) is 0 Å². The normalized spacial score (nSPS) is 11.5. The van der Waals surface area contributed by atoms with E-state index >= 15 is 0 Å². The number of benzene rings is 1. The fraction of sp³-hybridized carbons (Fsp3) is 0.154. The number of aromatic nitrogens is 1. The number of pyridine rings is 1. The van der Waals surface area contributed by atoms with Crippen LogP contribution >= 0.6 is 23.2 Å². The van der Waals surface area contributed by atoms with Gasteiger partial charge in [-0.25, -0.2) is 4.98 Å². The third-order valence-electron chi connectivity index (χ3n) is 2.65. The molecule has 0 aliphatic heterocycles. The third-order valence-corrected chi connectivity index (χ3v) is 3.23. The lowest BCUT2D eigenvalue weighted by Crippen LogP contribution is -2.04. The van der Waals surface area contributed by atoms with Gasteiger partial charge in [-0.1, -0.05) is 35.3 Å². The molecule has 1 aromatic carbocycles. The molecule has 0 aliphatic carbocycles. The molecule has 2 aromatic rings. The molecule has 106 valence electrons. The van der Waals surface area contributed by atoms with E-state index in [9.17, 15) is 13.2 Å². The average molecular weight is 321 g/mol. The van der Waals surface area contributed by atoms with E-state index in [-0.39, 0.29) is 5.02 Å². The Morgan fingerprint density at radius 3 is 2.15 bits per heavy atom. The number of hydrogen-bond acceptors (Lipinski definition) is 2. The summed E-state index contributed by atoms with van der Waals surface area (Å²) in [6.45, 7) is 0. The van der Waals surface area contributed by atoms with Crippen LogP contribution in [0, 0.1) is 0 Å². The maximum Gasteiger partial charge on any atom is 0.416 e. The third kappa shape index (κ3) is 2.99. The van der Waals surface area contributed by atoms with Crippen LogP contribution in [0.5, 0.6) is 0 Å². The lowest BCUT2D eigenvalue weighted by molar-refractivity contribution is -0.137. The molecule has 0 unspecified atom stereocenters. The summed E-state index contributed by atoms with van der Waals surface area (Å²) in [6.07, 6.45) is -4.37. The van der Waals surface area contributed by atoms with E-state index < -0.39 is 11.7 Å². The van der Waals surface area contributed by atoms with Gasteiger partial charge in [-0.15, -0.1) is 0 Å². The minimum atomic E-state index is -4.37. The van der Waals surface area contributed by atoms with Gasteiger partial charge in [0.1, 0.15) is 5.82 Å². The molecule has 0 bridgehead atoms. The van der Waals surface area contributed by atoms with Gasteiger partial charge in [-0.3, -0.25) is 0 Å². The molecular formula is C13H9Cl2F3N2. The first-order valence-corrected chi connectivity index (χ1v) is 6.30. The van der Waals surface area contributed by atoms with Gasteiger partial charge in [0.05, 0.1) is 21.3 Å². The van der Waals surface area contributed by atoms with E-state index in [1.807, 2.05) is 0 Å². The molecule has 0 aliphatic rings. The monoisotopic (exact) mass is 320 g/mol. The zero-order valence-electron chi connectivity index (χ0n) is 10.2. The summed E-state index contributed by atoms with van der Waals surface area (Å²) in [5, 5.41) is 3.40. The number of nitrogens with one attached hydrogen (secondary N) is 1. The van der Waals surface area contributed by atoms with Crippen molar-refractivity contribution in [1.29, 1.82) is 0 Å². The largest absolute Gasteiger partial charge is 0.416 e. The number of alkyl halides is 3. The molecule has 0 atom stereocenters. The first-order chi connectivity index (χ1) is 9.32. The Bertz CT molecular complexity index is 625. The van der Waals surface area contributed by atoms with E-state index in [1.165, 1.54) is 18.2 Å². The van der Waals surface area contributed by atoms with Crippen LogP contribution in [0.25, 0.3) is 11.3 Å². The van der Waals surface area contributed by atoms with E-state index in [0.29, 0.717) is 22.1 Å². The molecule has 0 saturated heterocycles. The average Bonchev–Trinajstić information content (AvgIpc) is 2.38. The Morgan fingerprint density at radius 1 is 1.05 bits per heavy atom. The Balaban J connectivity index is 2.47. The molecule has 1 aromatic heterocycles. The summed E-state index contributed by atoms with van der Waals surface area (Å²) in [5.41, 5.74) is 0.130. The maximum absolute atomic E-state index is 12.5. The number of anilines is 1. The fourth-order valence-corrected chi connectivity index (χ4v) is 2.22. The minimum Gasteiger partial charge on any atom is -0.372 e. The van der Waals surface area contributed by atoms with Crippen molar-refractivity contribution in [3.05, 3.63) is 45.9 Å². The number of nitrogens with zero attached hydrogens (tertiary/aromatic N) is 1. The molecule has 1 heterocycles. The summed E-state index contributed by atoms with van der Waals surface area (Å²) in [6, 6.07) is 6.12. The molecule has 0 spiro atoms. The summed E-state index contributed by atoms with van der Waals surface area (Å²) in [4.78, 5) is 4.20. The summed E-state index contributed by atoms with van der Waals surface area (Å²) in [7, 11) is 1.64. The predicted molar refractivity (Wildman–Crippen MR) is 74.2 cm³/mol. The van der Waals surface area contributed by atoms with E-state index in [4.69, 9.17) is 23.2 Å². The highest BCUT2D eigenvalue weighted by atomic mass is 35.5. The Morgan fingerprint density at radius 2 is 1.65 bits per heavy atom. The Hall–Kier alpha value is -1.46. The molecule has 2 rings (SSSR count). The first kappa shape index (κ1) is 14.9. The lowest BCUT2D eigenvalue weighted by Gasteiger charge is -2.10. The maximum atomic E-state index is 12.5. The molecule has 20 heavy (non-hydrogen) atoms. The summed E-state index contributed by atoms with van der Waals surface area (Å²) >= 11 is 11.9. The molecular weight excluding hydrogens is 312 g/mol. The van der Waals surface area contributed by atoms with Crippen LogP contribution in [-0.4, -0.2) is 12.0 Å². The van der Waals surface area contributed by atoms with Gasteiger partial charge in [0, 0.05) is 12.6 Å². The first-order valence-electron chi connectivity index (χ1n) is 5.54. The Kier molecular flexibility index (Phi) is 4.11. The zero-order chi connectivity index (χ0) is 14.9. The number of hydrogen-bond donors (Lipinski definition) is 1. The zero-order valence-corrected chi connectivity index (χ0v) is 11.7. The highest BCUT2D eigenvalue weighted by Gasteiger charge is 2.30. The van der Waals surface area contributed by atoms with Crippen LogP contribution in [0.4, 0.5) is 19.0 Å². The molecule has 0 saturated carbocycles. The fourth-order valence-electron chi connectivity index (χ4n) is 1.66. The molecule has 0 amide bonds. The van der Waals surface area contributed by atoms with Crippen molar-refractivity contribution in [2.45, 2.75) is 6.18 Å². The topological polar surface area (TPSA) is 24.9 Å². The van der Waals surface area contributed by atoms with Gasteiger partial charge in [-0.05, 0) is 18.2 Å². The van der Waals surface area contributed by atoms with Crippen LogP contribution in [0.1, 0.15) is 5.56 Å². The van der Waals surface area contributed by atoms with Crippen molar-refractivity contribution in [3.8, 4) is 11.3 Å². The van der Waals surface area contributed by atoms with Crippen LogP contribution in [0.15, 0.2) is 30.3 Å². The summed E-state index contributed by atoms with van der Waals surface area (Å²) in [5.74, 6) is 0.408. The minimum absolute atomic E-state index is 0.272. The highest BCUT2D eigenvalue weighted by molar-refractivity contribution is 6.37. The van der Waals surface area contributed by atoms with Gasteiger partial charge in [0.2, 0.25) is 0 Å². The van der Waals surface area contributed by atoms with Gasteiger partial charge in [0.15, 0.2) is 0 Å². The number of halogens is 5. The van der Waals surface area contributed by atoms with E-state index in [2.05, 4.69) is 10.3 Å². The van der Waals surface area contributed by atoms with E-state index in [1.54, 1.807) is 7.05 Å². The lowest BCUT2D eigenvalue weighted by atomic mass is 10.1. The van der Waals surface area contributed by atoms with Crippen LogP contribution in [0.2, 0.25) is 10.0 Å². The van der Waals surface area contributed by atoms with E-state index in [0.717, 1.165) is 12.1 Å². The summed E-state index contributed by atoms with van der Waals surface area (Å²) < 4.78 is 37.5. The second kappa shape index (κ2) is 5.50. The van der Waals surface area contributed by atoms with Crippen molar-refractivity contribution in [1.82, 2.24) is 4.98 Å². The quantitative estimate of drug-likeness (QED) is 0.831. The Labute approximate surface area is 123 Å². The van der Waals surface area contributed by atoms with Gasteiger partial charge in [-0.2, -0.15) is 13.2 Å². The van der Waals surface area contributed by atoms with Crippen molar-refractivity contribution < 1.29 is 13.2 Å². The second-order valence-electron chi connectivity index (χ2n) is 3.97. The van der Waals surface area contributed by atoms with Crippen molar-refractivity contribution in [2.75, 3.05) is 12.4 Å². The number of rotatable bonds is 2. The molecule has 7 heteroatoms. The van der Waals surface area contributed by atoms with Crippen LogP contribution < -0.4 is 5.32 Å². The van der Waals surface area contributed by atoms with Crippen LogP contribution in [-0.2, 0) is 6.18 Å². The van der Waals surface area contributed by atoms with Gasteiger partial charge < -0.3 is 5.32 Å². The molecule has 1 N–H and O–H groups in total. The SMILES string of the molecule is CNc1nc(-c2ccc(C(F)(F)F)cc2)c(Cl)cc1Cl. The standard InChI is InChI=1S/C13H9Cl2F3N2/c1-19-12-10(15)6-9(14)11(20-12)7-2-4-8(5-3-7)13(16,17)18/h2-6H,1H3,(H,19,20). The smallest absolute Gasteiger partial charge is 0.372 e.